The van der Waals surface area contributed by atoms with E-state index in [4.69, 9.17) is 29.0 Å². The third kappa shape index (κ3) is 9.18. The van der Waals surface area contributed by atoms with Crippen LogP contribution >= 0.6 is 0 Å². The molecule has 0 aromatic carbocycles. The molecule has 0 saturated carbocycles. The van der Waals surface area contributed by atoms with Crippen molar-refractivity contribution in [1.29, 1.82) is 0 Å². The maximum absolute atomic E-state index is 11.0. The Morgan fingerprint density at radius 2 is 0.690 bits per heavy atom. The van der Waals surface area contributed by atoms with Gasteiger partial charge in [-0.1, -0.05) is 0 Å². The van der Waals surface area contributed by atoms with Gasteiger partial charge in [-0.15, -0.1) is 8.97 Å². The molecular weight excluding hydrogens is 416 g/mol. The Kier molecular flexibility index (Phi) is 13.4. The van der Waals surface area contributed by atoms with Crippen LogP contribution in [0.2, 0.25) is 0 Å². The maximum atomic E-state index is 11.0. The van der Waals surface area contributed by atoms with Crippen LogP contribution in [0.1, 0.15) is 41.5 Å². The Morgan fingerprint density at radius 1 is 0.586 bits per heavy atom. The summed E-state index contributed by atoms with van der Waals surface area (Å²) in [6.07, 6.45) is 0. The minimum atomic E-state index is -5.17. The fourth-order valence-corrected chi connectivity index (χ4v) is 2.10. The summed E-state index contributed by atoms with van der Waals surface area (Å²) in [7, 11) is -5.17. The highest BCUT2D eigenvalue weighted by Crippen LogP contribution is 2.08. The average molecular weight is 442 g/mol. The standard InChI is InChI=1S/2C7H13N2O3.H2O4S/c2*1-5(10)9(4-8,6(2)11)7(3)12;1-5(2,3)4/h2*4,8H2,1-3H3;(H2,1,2,3,4)/q2*+1;/p-2. The normalized spacial score (nSPS) is 11.1. The van der Waals surface area contributed by atoms with E-state index >= 15 is 0 Å². The molecule has 0 fully saturated rings. The molecule has 0 spiro atoms. The third-order valence-electron chi connectivity index (χ3n) is 3.77. The van der Waals surface area contributed by atoms with Crippen molar-refractivity contribution in [2.45, 2.75) is 41.5 Å². The highest BCUT2D eigenvalue weighted by atomic mass is 32.3. The molecule has 0 radical (unpaired) electrons. The Bertz CT molecular complexity index is 645. The molecule has 0 saturated heterocycles. The smallest absolute Gasteiger partial charge is 0.326 e. The first kappa shape index (κ1) is 31.4. The maximum Gasteiger partial charge on any atom is 0.326 e. The van der Waals surface area contributed by atoms with Crippen LogP contribution in [0.4, 0.5) is 0 Å². The summed E-state index contributed by atoms with van der Waals surface area (Å²) in [6, 6.07) is 0. The molecule has 0 rings (SSSR count). The highest BCUT2D eigenvalue weighted by molar-refractivity contribution is 7.79. The molecular formula is C14H26N4O10S. The van der Waals surface area contributed by atoms with Crippen LogP contribution in [0.3, 0.4) is 0 Å². The fourth-order valence-electron chi connectivity index (χ4n) is 2.10. The van der Waals surface area contributed by atoms with Crippen LogP contribution in [0.25, 0.3) is 0 Å². The lowest BCUT2D eigenvalue weighted by Crippen LogP contribution is -2.61. The van der Waals surface area contributed by atoms with Gasteiger partial charge in [-0.3, -0.25) is 19.9 Å². The van der Waals surface area contributed by atoms with Crippen LogP contribution < -0.4 is 11.5 Å². The number of imide groups is 6. The van der Waals surface area contributed by atoms with Crippen LogP contribution in [-0.2, 0) is 39.2 Å². The first-order chi connectivity index (χ1) is 12.8. The van der Waals surface area contributed by atoms with Gasteiger partial charge in [-0.2, -0.15) is 0 Å². The van der Waals surface area contributed by atoms with Crippen molar-refractivity contribution in [3.8, 4) is 0 Å². The number of amides is 6. The second-order valence-corrected chi connectivity index (χ2v) is 6.32. The molecule has 0 bridgehead atoms. The highest BCUT2D eigenvalue weighted by Gasteiger charge is 2.44. The van der Waals surface area contributed by atoms with Crippen LogP contribution in [0.15, 0.2) is 0 Å². The third-order valence-corrected chi connectivity index (χ3v) is 3.77. The predicted octanol–water partition coefficient (Wildman–Crippen LogP) is -2.62. The molecule has 6 amide bonds. The molecule has 0 aliphatic rings. The lowest BCUT2D eigenvalue weighted by Gasteiger charge is -2.24. The van der Waals surface area contributed by atoms with Gasteiger partial charge >= 0.3 is 35.4 Å². The summed E-state index contributed by atoms with van der Waals surface area (Å²) in [6.45, 7) is 6.45. The average Bonchev–Trinajstić information content (AvgIpc) is 2.45. The van der Waals surface area contributed by atoms with Crippen molar-refractivity contribution < 1.29 is 55.3 Å². The van der Waals surface area contributed by atoms with E-state index in [1.54, 1.807) is 0 Å². The van der Waals surface area contributed by atoms with Gasteiger partial charge in [-0.25, -0.2) is 28.8 Å². The number of quaternary nitrogens is 2. The number of carbonyl (C=O) groups is 6. The zero-order chi connectivity index (χ0) is 24.4. The van der Waals surface area contributed by atoms with Gasteiger partial charge < -0.3 is 9.11 Å². The fraction of sp³-hybridized carbons (Fsp3) is 0.571. The Morgan fingerprint density at radius 3 is 0.690 bits per heavy atom. The van der Waals surface area contributed by atoms with E-state index in [2.05, 4.69) is 0 Å². The zero-order valence-corrected chi connectivity index (χ0v) is 17.8. The summed E-state index contributed by atoms with van der Waals surface area (Å²) < 4.78 is 32.3. The number of carbonyl (C=O) groups excluding carboxylic acids is 6. The number of nitrogens with two attached hydrogens (primary N) is 2. The number of hydrogen-bond donors (Lipinski definition) is 2. The minimum Gasteiger partial charge on any atom is -0.759 e. The quantitative estimate of drug-likeness (QED) is 0.193. The minimum absolute atomic E-state index is 0.306. The van der Waals surface area contributed by atoms with Gasteiger partial charge in [0.05, 0.1) is 41.5 Å². The van der Waals surface area contributed by atoms with Crippen molar-refractivity contribution >= 4 is 45.8 Å². The van der Waals surface area contributed by atoms with E-state index in [-0.39, 0.29) is 13.3 Å². The summed E-state index contributed by atoms with van der Waals surface area (Å²) in [5, 5.41) is 0. The second-order valence-electron chi connectivity index (χ2n) is 5.51. The molecule has 4 N–H and O–H groups in total. The van der Waals surface area contributed by atoms with Gasteiger partial charge in [0.25, 0.3) is 0 Å². The summed E-state index contributed by atoms with van der Waals surface area (Å²) in [5.41, 5.74) is 10.4. The van der Waals surface area contributed by atoms with Gasteiger partial charge in [0, 0.05) is 10.4 Å². The monoisotopic (exact) mass is 442 g/mol. The Balaban J connectivity index is -0.000000380. The zero-order valence-electron chi connectivity index (χ0n) is 17.0. The molecule has 0 unspecified atom stereocenters. The van der Waals surface area contributed by atoms with Gasteiger partial charge in [0.1, 0.15) is 0 Å². The SMILES string of the molecule is CC(=O)[N+](CN)(C(C)=O)C(C)=O.CC(=O)[N+](CN)(C(C)=O)C(C)=O.O=S(=O)([O-])[O-]. The lowest BCUT2D eigenvalue weighted by molar-refractivity contribution is -0.700. The molecule has 14 nitrogen and oxygen atoms in total. The van der Waals surface area contributed by atoms with Crippen molar-refractivity contribution in [1.82, 2.24) is 0 Å². The first-order valence-corrected chi connectivity index (χ1v) is 9.02. The molecule has 0 aromatic rings. The van der Waals surface area contributed by atoms with Crippen molar-refractivity contribution in [3.63, 3.8) is 0 Å². The van der Waals surface area contributed by atoms with Gasteiger partial charge in [0.2, 0.25) is 0 Å². The van der Waals surface area contributed by atoms with E-state index in [0.29, 0.717) is 0 Å². The van der Waals surface area contributed by atoms with E-state index in [9.17, 15) is 28.8 Å². The largest absolute Gasteiger partial charge is 0.759 e. The molecule has 0 atom stereocenters. The topological polar surface area (TPSA) is 235 Å². The van der Waals surface area contributed by atoms with Crippen molar-refractivity contribution in [2.75, 3.05) is 13.3 Å². The number of nitrogens with zero attached hydrogens (tertiary/aromatic N) is 2. The van der Waals surface area contributed by atoms with Crippen molar-refractivity contribution in [3.05, 3.63) is 0 Å². The summed E-state index contributed by atoms with van der Waals surface area (Å²) in [4.78, 5) is 66.2. The first-order valence-electron chi connectivity index (χ1n) is 7.68. The van der Waals surface area contributed by atoms with E-state index in [0.717, 1.165) is 0 Å². The van der Waals surface area contributed by atoms with Gasteiger partial charge in [0.15, 0.2) is 13.3 Å². The summed E-state index contributed by atoms with van der Waals surface area (Å²) in [5.74, 6) is -3.26. The van der Waals surface area contributed by atoms with Crippen LogP contribution in [0.5, 0.6) is 0 Å². The number of rotatable bonds is 2. The van der Waals surface area contributed by atoms with E-state index in [1.165, 1.54) is 41.5 Å². The van der Waals surface area contributed by atoms with Crippen LogP contribution in [0, 0.1) is 0 Å². The van der Waals surface area contributed by atoms with E-state index in [1.807, 2.05) is 0 Å². The molecule has 29 heavy (non-hydrogen) atoms. The molecule has 0 aliphatic heterocycles. The van der Waals surface area contributed by atoms with E-state index < -0.39 is 54.8 Å². The Labute approximate surface area is 168 Å². The molecule has 0 heterocycles. The lowest BCUT2D eigenvalue weighted by atomic mass is 10.3. The molecule has 0 aliphatic carbocycles. The second kappa shape index (κ2) is 12.3. The molecule has 0 aromatic heterocycles. The number of hydrogen-bond acceptors (Lipinski definition) is 12. The van der Waals surface area contributed by atoms with Gasteiger partial charge in [-0.05, 0) is 0 Å². The Hall–Kier alpha value is -2.27. The summed E-state index contributed by atoms with van der Waals surface area (Å²) >= 11 is 0. The van der Waals surface area contributed by atoms with Crippen LogP contribution in [-0.4, -0.2) is 75.3 Å². The predicted molar refractivity (Wildman–Crippen MR) is 93.2 cm³/mol. The molecule has 168 valence electrons. The molecule has 15 heteroatoms. The van der Waals surface area contributed by atoms with Crippen molar-refractivity contribution in [2.24, 2.45) is 11.5 Å².